The van der Waals surface area contributed by atoms with Gasteiger partial charge in [0.15, 0.2) is 12.1 Å². The molecule has 0 aliphatic heterocycles. The van der Waals surface area contributed by atoms with Gasteiger partial charge < -0.3 is 0 Å². The lowest BCUT2D eigenvalue weighted by Gasteiger charge is -2.03. The van der Waals surface area contributed by atoms with Gasteiger partial charge in [0.2, 0.25) is 0 Å². The number of halogens is 2. The molecule has 1 unspecified atom stereocenters. The summed E-state index contributed by atoms with van der Waals surface area (Å²) < 4.78 is 13.0. The maximum absolute atomic E-state index is 13.0. The maximum atomic E-state index is 13.0. The molecule has 2 nitrogen and oxygen atoms in total. The Morgan fingerprint density at radius 3 is 2.64 bits per heavy atom. The molecule has 0 aromatic heterocycles. The van der Waals surface area contributed by atoms with Gasteiger partial charge in [0, 0.05) is 5.56 Å². The first-order valence-electron chi connectivity index (χ1n) is 3.99. The van der Waals surface area contributed by atoms with Crippen LogP contribution in [0.15, 0.2) is 18.2 Å². The Morgan fingerprint density at radius 1 is 1.57 bits per heavy atom. The first kappa shape index (κ1) is 10.9. The molecule has 0 aliphatic carbocycles. The van der Waals surface area contributed by atoms with Gasteiger partial charge in [-0.05, 0) is 19.1 Å². The van der Waals surface area contributed by atoms with Crippen LogP contribution in [-0.4, -0.2) is 17.4 Å². The van der Waals surface area contributed by atoms with Crippen LogP contribution in [0, 0.1) is 5.82 Å². The van der Waals surface area contributed by atoms with Crippen LogP contribution in [0.5, 0.6) is 0 Å². The summed E-state index contributed by atoms with van der Waals surface area (Å²) in [5, 5.41) is -0.698. The van der Waals surface area contributed by atoms with E-state index in [1.165, 1.54) is 19.1 Å². The zero-order valence-corrected chi connectivity index (χ0v) is 8.22. The van der Waals surface area contributed by atoms with Crippen LogP contribution in [0.4, 0.5) is 4.39 Å². The second kappa shape index (κ2) is 4.33. The molecule has 1 aromatic rings. The summed E-state index contributed by atoms with van der Waals surface area (Å²) in [6, 6.07) is 3.66. The lowest BCUT2D eigenvalue weighted by Crippen LogP contribution is -2.11. The average Bonchev–Trinajstić information content (AvgIpc) is 2.16. The molecule has 0 heterocycles. The van der Waals surface area contributed by atoms with Crippen LogP contribution < -0.4 is 0 Å². The Bertz CT molecular complexity index is 374. The lowest BCUT2D eigenvalue weighted by atomic mass is 10.1. The Balaban J connectivity index is 3.08. The largest absolute Gasteiger partial charge is 0.298 e. The van der Waals surface area contributed by atoms with E-state index in [2.05, 4.69) is 0 Å². The molecule has 14 heavy (non-hydrogen) atoms. The zero-order valence-electron chi connectivity index (χ0n) is 7.46. The Labute approximate surface area is 85.7 Å². The molecular weight excluding hydrogens is 207 g/mol. The zero-order chi connectivity index (χ0) is 10.7. The monoisotopic (exact) mass is 214 g/mol. The molecule has 1 aromatic carbocycles. The van der Waals surface area contributed by atoms with Crippen LogP contribution in [0.1, 0.15) is 27.6 Å². The Kier molecular flexibility index (Phi) is 3.36. The van der Waals surface area contributed by atoms with Gasteiger partial charge in [-0.15, -0.1) is 11.6 Å². The highest BCUT2D eigenvalue weighted by molar-refractivity contribution is 6.33. The van der Waals surface area contributed by atoms with E-state index >= 15 is 0 Å². The average molecular weight is 215 g/mol. The van der Waals surface area contributed by atoms with Crippen molar-refractivity contribution in [1.29, 1.82) is 0 Å². The van der Waals surface area contributed by atoms with Crippen molar-refractivity contribution in [3.8, 4) is 0 Å². The number of rotatable bonds is 3. The van der Waals surface area contributed by atoms with Gasteiger partial charge in [0.05, 0.1) is 10.9 Å². The van der Waals surface area contributed by atoms with Gasteiger partial charge in [0.25, 0.3) is 0 Å². The molecule has 0 amide bonds. The van der Waals surface area contributed by atoms with Gasteiger partial charge in [-0.1, -0.05) is 6.07 Å². The quantitative estimate of drug-likeness (QED) is 0.440. The van der Waals surface area contributed by atoms with E-state index in [0.717, 1.165) is 6.07 Å². The first-order chi connectivity index (χ1) is 6.56. The smallest absolute Gasteiger partial charge is 0.180 e. The predicted molar refractivity (Wildman–Crippen MR) is 51.4 cm³/mol. The van der Waals surface area contributed by atoms with E-state index in [1.807, 2.05) is 0 Å². The van der Waals surface area contributed by atoms with Crippen molar-refractivity contribution in [3.63, 3.8) is 0 Å². The van der Waals surface area contributed by atoms with Crippen LogP contribution in [-0.2, 0) is 0 Å². The number of Topliss-reactive ketones (excluding diaryl/α,β-unsaturated/α-hetero) is 1. The third-order valence-electron chi connectivity index (χ3n) is 1.77. The fourth-order valence-corrected chi connectivity index (χ4v) is 1.13. The molecule has 0 bridgehead atoms. The van der Waals surface area contributed by atoms with Crippen molar-refractivity contribution in [2.24, 2.45) is 0 Å². The molecule has 74 valence electrons. The third-order valence-corrected chi connectivity index (χ3v) is 1.97. The Morgan fingerprint density at radius 2 is 2.21 bits per heavy atom. The number of ketones is 1. The summed E-state index contributed by atoms with van der Waals surface area (Å²) in [5.41, 5.74) is 0.111. The Hall–Kier alpha value is -1.22. The van der Waals surface area contributed by atoms with Gasteiger partial charge in [-0.3, -0.25) is 9.59 Å². The summed E-state index contributed by atoms with van der Waals surface area (Å²) in [5.74, 6) is -1.06. The SMILES string of the molecule is CC(Cl)C(=O)c1ccc(C=O)c(F)c1. The van der Waals surface area contributed by atoms with Crippen molar-refractivity contribution in [2.45, 2.75) is 12.3 Å². The van der Waals surface area contributed by atoms with E-state index in [4.69, 9.17) is 11.6 Å². The van der Waals surface area contributed by atoms with E-state index in [0.29, 0.717) is 6.29 Å². The second-order valence-electron chi connectivity index (χ2n) is 2.83. The fourth-order valence-electron chi connectivity index (χ4n) is 1.01. The van der Waals surface area contributed by atoms with Crippen molar-refractivity contribution in [3.05, 3.63) is 35.1 Å². The number of benzene rings is 1. The van der Waals surface area contributed by atoms with Crippen LogP contribution in [0.25, 0.3) is 0 Å². The molecule has 1 atom stereocenters. The molecule has 0 N–H and O–H groups in total. The number of hydrogen-bond donors (Lipinski definition) is 0. The highest BCUT2D eigenvalue weighted by Gasteiger charge is 2.13. The van der Waals surface area contributed by atoms with E-state index in [-0.39, 0.29) is 16.9 Å². The number of aldehydes is 1. The number of hydrogen-bond acceptors (Lipinski definition) is 2. The van der Waals surface area contributed by atoms with Crippen molar-refractivity contribution in [1.82, 2.24) is 0 Å². The van der Waals surface area contributed by atoms with Crippen molar-refractivity contribution >= 4 is 23.7 Å². The molecule has 4 heteroatoms. The van der Waals surface area contributed by atoms with Crippen molar-refractivity contribution in [2.75, 3.05) is 0 Å². The van der Waals surface area contributed by atoms with Gasteiger partial charge >= 0.3 is 0 Å². The van der Waals surface area contributed by atoms with Gasteiger partial charge in [-0.25, -0.2) is 4.39 Å². The van der Waals surface area contributed by atoms with Crippen LogP contribution in [0.2, 0.25) is 0 Å². The molecule has 0 radical (unpaired) electrons. The standard InChI is InChI=1S/C10H8ClFO2/c1-6(11)10(14)7-2-3-8(5-13)9(12)4-7/h2-6H,1H3. The predicted octanol–water partition coefficient (Wildman–Crippen LogP) is 2.45. The molecule has 0 fully saturated rings. The van der Waals surface area contributed by atoms with Crippen molar-refractivity contribution < 1.29 is 14.0 Å². The number of alkyl halides is 1. The van der Waals surface area contributed by atoms with Gasteiger partial charge in [0.1, 0.15) is 5.82 Å². The summed E-state index contributed by atoms with van der Waals surface area (Å²) in [7, 11) is 0. The molecule has 0 saturated carbocycles. The number of carbonyl (C=O) groups excluding carboxylic acids is 2. The molecule has 0 saturated heterocycles. The maximum Gasteiger partial charge on any atom is 0.180 e. The molecule has 1 rings (SSSR count). The highest BCUT2D eigenvalue weighted by Crippen LogP contribution is 2.12. The first-order valence-corrected chi connectivity index (χ1v) is 4.43. The normalized spacial score (nSPS) is 12.2. The van der Waals surface area contributed by atoms with E-state index in [9.17, 15) is 14.0 Å². The topological polar surface area (TPSA) is 34.1 Å². The summed E-state index contributed by atoms with van der Waals surface area (Å²) in [6.07, 6.45) is 0.397. The summed E-state index contributed by atoms with van der Waals surface area (Å²) in [4.78, 5) is 21.6. The molecule has 0 spiro atoms. The summed E-state index contributed by atoms with van der Waals surface area (Å²) in [6.45, 7) is 1.51. The van der Waals surface area contributed by atoms with Crippen LogP contribution >= 0.6 is 11.6 Å². The fraction of sp³-hybridized carbons (Fsp3) is 0.200. The summed E-state index contributed by atoms with van der Waals surface area (Å²) >= 11 is 5.55. The van der Waals surface area contributed by atoms with E-state index in [1.54, 1.807) is 0 Å². The molecular formula is C10H8ClFO2. The minimum absolute atomic E-state index is 0.0659. The minimum atomic E-state index is -0.705. The minimum Gasteiger partial charge on any atom is -0.298 e. The number of carbonyl (C=O) groups is 2. The van der Waals surface area contributed by atoms with Gasteiger partial charge in [-0.2, -0.15) is 0 Å². The van der Waals surface area contributed by atoms with Crippen LogP contribution in [0.3, 0.4) is 0 Å². The highest BCUT2D eigenvalue weighted by atomic mass is 35.5. The van der Waals surface area contributed by atoms with E-state index < -0.39 is 11.2 Å². The molecule has 0 aliphatic rings. The lowest BCUT2D eigenvalue weighted by molar-refractivity contribution is 0.0990. The third kappa shape index (κ3) is 2.17. The second-order valence-corrected chi connectivity index (χ2v) is 3.49.